The van der Waals surface area contributed by atoms with Gasteiger partial charge in [0, 0.05) is 36.4 Å². The second-order valence-electron chi connectivity index (χ2n) is 10.3. The highest BCUT2D eigenvalue weighted by molar-refractivity contribution is 5.94. The van der Waals surface area contributed by atoms with Crippen molar-refractivity contribution in [2.24, 2.45) is 5.92 Å². The molecule has 0 saturated carbocycles. The molecule has 40 heavy (non-hydrogen) atoms. The fraction of sp³-hybridized carbons (Fsp3) is 0.375. The number of nitrogens with zero attached hydrogens (tertiary/aromatic N) is 1. The summed E-state index contributed by atoms with van der Waals surface area (Å²) in [5.74, 6) is -0.870. The van der Waals surface area contributed by atoms with Crippen LogP contribution in [0.5, 0.6) is 11.5 Å². The summed E-state index contributed by atoms with van der Waals surface area (Å²) in [6, 6.07) is 19.1. The molecule has 1 saturated heterocycles. The molecule has 210 valence electrons. The van der Waals surface area contributed by atoms with Crippen molar-refractivity contribution >= 4 is 23.3 Å². The number of amides is 1. The molecule has 8 nitrogen and oxygen atoms in total. The quantitative estimate of drug-likeness (QED) is 0.313. The lowest BCUT2D eigenvalue weighted by molar-refractivity contribution is -0.143. The largest absolute Gasteiger partial charge is 0.481 e. The number of nitrogens with one attached hydrogen (secondary N) is 2. The molecular formula is C32H37N3O5. The van der Waals surface area contributed by atoms with Gasteiger partial charge in [-0.1, -0.05) is 50.2 Å². The molecule has 0 radical (unpaired) electrons. The number of anilines is 2. The van der Waals surface area contributed by atoms with E-state index in [0.717, 1.165) is 53.0 Å². The average molecular weight is 544 g/mol. The van der Waals surface area contributed by atoms with Crippen LogP contribution in [0.3, 0.4) is 0 Å². The standard InChI is InChI=1S/C32H37N3O5/c1-4-20-8-7-9-21(5-2)30(20)34-28(36)18-35-17-25(23-12-15-26-27(16-23)40-19-39-26)29(32(37)38)31(35)22-10-13-24(14-11-22)33-6-3/h7-16,25,29,31,33H,4-6,17-19H2,1-3H3,(H,34,36)(H,37,38)/t25-,29?,31+/m1/s1. The Bertz CT molecular complexity index is 1350. The Morgan fingerprint density at radius 3 is 2.25 bits per heavy atom. The van der Waals surface area contributed by atoms with Crippen LogP contribution in [0.4, 0.5) is 11.4 Å². The molecule has 5 rings (SSSR count). The minimum absolute atomic E-state index is 0.0751. The number of rotatable bonds is 10. The van der Waals surface area contributed by atoms with Gasteiger partial charge in [-0.3, -0.25) is 14.5 Å². The van der Waals surface area contributed by atoms with Gasteiger partial charge < -0.3 is 25.2 Å². The summed E-state index contributed by atoms with van der Waals surface area (Å²) in [5.41, 5.74) is 5.74. The topological polar surface area (TPSA) is 100 Å². The van der Waals surface area contributed by atoms with Crippen molar-refractivity contribution < 1.29 is 24.2 Å². The van der Waals surface area contributed by atoms with Crippen LogP contribution >= 0.6 is 0 Å². The van der Waals surface area contributed by atoms with Gasteiger partial charge in [0.05, 0.1) is 12.5 Å². The molecule has 0 aromatic heterocycles. The van der Waals surface area contributed by atoms with Crippen LogP contribution in [0.15, 0.2) is 60.7 Å². The van der Waals surface area contributed by atoms with E-state index in [1.807, 2.05) is 72.5 Å². The maximum atomic E-state index is 13.5. The van der Waals surface area contributed by atoms with E-state index >= 15 is 0 Å². The molecule has 0 bridgehead atoms. The summed E-state index contributed by atoms with van der Waals surface area (Å²) < 4.78 is 11.1. The van der Waals surface area contributed by atoms with Gasteiger partial charge in [0.25, 0.3) is 0 Å². The molecule has 0 spiro atoms. The predicted octanol–water partition coefficient (Wildman–Crippen LogP) is 5.45. The molecular weight excluding hydrogens is 506 g/mol. The van der Waals surface area contributed by atoms with E-state index in [2.05, 4.69) is 24.5 Å². The van der Waals surface area contributed by atoms with Gasteiger partial charge in [0.1, 0.15) is 0 Å². The molecule has 3 aromatic rings. The van der Waals surface area contributed by atoms with Gasteiger partial charge in [-0.05, 0) is 66.3 Å². The van der Waals surface area contributed by atoms with Crippen molar-refractivity contribution in [2.75, 3.05) is 37.1 Å². The second kappa shape index (κ2) is 12.0. The minimum Gasteiger partial charge on any atom is -0.481 e. The number of hydrogen-bond acceptors (Lipinski definition) is 6. The Hall–Kier alpha value is -4.04. The van der Waals surface area contributed by atoms with E-state index in [1.54, 1.807) is 0 Å². The first-order chi connectivity index (χ1) is 19.4. The van der Waals surface area contributed by atoms with E-state index < -0.39 is 17.9 Å². The van der Waals surface area contributed by atoms with Crippen LogP contribution in [-0.4, -0.2) is 48.3 Å². The molecule has 8 heteroatoms. The van der Waals surface area contributed by atoms with Crippen LogP contribution in [0.25, 0.3) is 0 Å². The Kier molecular flexibility index (Phi) is 8.26. The molecule has 3 atom stereocenters. The summed E-state index contributed by atoms with van der Waals surface area (Å²) in [6.07, 6.45) is 1.61. The van der Waals surface area contributed by atoms with E-state index in [9.17, 15) is 14.7 Å². The Labute approximate surface area is 235 Å². The zero-order valence-electron chi connectivity index (χ0n) is 23.3. The zero-order valence-corrected chi connectivity index (χ0v) is 23.3. The third-order valence-corrected chi connectivity index (χ3v) is 7.95. The highest BCUT2D eigenvalue weighted by Gasteiger charge is 2.48. The fourth-order valence-corrected chi connectivity index (χ4v) is 6.04. The average Bonchev–Trinajstić information content (AvgIpc) is 3.58. The van der Waals surface area contributed by atoms with Crippen molar-refractivity contribution in [1.29, 1.82) is 0 Å². The van der Waals surface area contributed by atoms with Gasteiger partial charge in [-0.2, -0.15) is 0 Å². The normalized spacial score (nSPS) is 19.9. The molecule has 1 amide bonds. The van der Waals surface area contributed by atoms with Crippen molar-refractivity contribution in [1.82, 2.24) is 4.90 Å². The minimum atomic E-state index is -0.893. The number of fused-ring (bicyclic) bond motifs is 1. The number of carboxylic acids is 1. The number of hydrogen-bond donors (Lipinski definition) is 3. The number of ether oxygens (including phenoxy) is 2. The van der Waals surface area contributed by atoms with Gasteiger partial charge in [-0.25, -0.2) is 0 Å². The first-order valence-electron chi connectivity index (χ1n) is 14.0. The first-order valence-corrected chi connectivity index (χ1v) is 14.0. The van der Waals surface area contributed by atoms with Crippen LogP contribution in [-0.2, 0) is 22.4 Å². The van der Waals surface area contributed by atoms with Crippen molar-refractivity contribution in [2.45, 2.75) is 45.6 Å². The van der Waals surface area contributed by atoms with Crippen molar-refractivity contribution in [3.05, 3.63) is 82.9 Å². The lowest BCUT2D eigenvalue weighted by Crippen LogP contribution is -2.35. The Balaban J connectivity index is 1.48. The van der Waals surface area contributed by atoms with Crippen molar-refractivity contribution in [3.8, 4) is 11.5 Å². The Morgan fingerprint density at radius 2 is 1.60 bits per heavy atom. The predicted molar refractivity (Wildman–Crippen MR) is 155 cm³/mol. The third kappa shape index (κ3) is 5.49. The Morgan fingerprint density at radius 1 is 0.925 bits per heavy atom. The summed E-state index contributed by atoms with van der Waals surface area (Å²) in [7, 11) is 0. The summed E-state index contributed by atoms with van der Waals surface area (Å²) in [4.78, 5) is 28.4. The monoisotopic (exact) mass is 543 g/mol. The highest BCUT2D eigenvalue weighted by atomic mass is 16.7. The van der Waals surface area contributed by atoms with E-state index in [-0.39, 0.29) is 25.2 Å². The van der Waals surface area contributed by atoms with Gasteiger partial charge in [0.15, 0.2) is 11.5 Å². The first kappa shape index (κ1) is 27.5. The van der Waals surface area contributed by atoms with Crippen LogP contribution in [0, 0.1) is 5.92 Å². The van der Waals surface area contributed by atoms with Crippen LogP contribution in [0.2, 0.25) is 0 Å². The molecule has 1 unspecified atom stereocenters. The maximum Gasteiger partial charge on any atom is 0.309 e. The number of carbonyl (C=O) groups is 2. The molecule has 0 aliphatic carbocycles. The van der Waals surface area contributed by atoms with Gasteiger partial charge >= 0.3 is 5.97 Å². The molecule has 3 aromatic carbocycles. The second-order valence-corrected chi connectivity index (χ2v) is 10.3. The van der Waals surface area contributed by atoms with E-state index in [0.29, 0.717) is 18.0 Å². The summed E-state index contributed by atoms with van der Waals surface area (Å²) in [5, 5.41) is 17.0. The van der Waals surface area contributed by atoms with Gasteiger partial charge in [0.2, 0.25) is 12.7 Å². The molecule has 2 aliphatic heterocycles. The highest BCUT2D eigenvalue weighted by Crippen LogP contribution is 2.47. The summed E-state index contributed by atoms with van der Waals surface area (Å²) in [6.45, 7) is 7.61. The maximum absolute atomic E-state index is 13.5. The number of likely N-dealkylation sites (tertiary alicyclic amines) is 1. The molecule has 2 heterocycles. The van der Waals surface area contributed by atoms with Crippen LogP contribution in [0.1, 0.15) is 55.0 Å². The van der Waals surface area contributed by atoms with E-state index in [4.69, 9.17) is 9.47 Å². The number of aliphatic carboxylic acids is 1. The van der Waals surface area contributed by atoms with Crippen molar-refractivity contribution in [3.63, 3.8) is 0 Å². The molecule has 1 fully saturated rings. The number of carboxylic acid groups (broad SMARTS) is 1. The number of benzene rings is 3. The lowest BCUT2D eigenvalue weighted by atomic mass is 9.82. The zero-order chi connectivity index (χ0) is 28.2. The fourth-order valence-electron chi connectivity index (χ4n) is 6.04. The molecule has 2 aliphatic rings. The van der Waals surface area contributed by atoms with Gasteiger partial charge in [-0.15, -0.1) is 0 Å². The molecule has 3 N–H and O–H groups in total. The summed E-state index contributed by atoms with van der Waals surface area (Å²) >= 11 is 0. The third-order valence-electron chi connectivity index (χ3n) is 7.95. The number of para-hydroxylation sites is 1. The van der Waals surface area contributed by atoms with Crippen LogP contribution < -0.4 is 20.1 Å². The SMILES string of the molecule is CCNc1ccc([C@H]2C(C(=O)O)[C@@H](c3ccc4c(c3)OCO4)CN2CC(=O)Nc2c(CC)cccc2CC)cc1. The van der Waals surface area contributed by atoms with E-state index in [1.165, 1.54) is 0 Å². The number of carbonyl (C=O) groups excluding carboxylic acids is 1. The number of aryl methyl sites for hydroxylation is 2. The smallest absolute Gasteiger partial charge is 0.309 e. The lowest BCUT2D eigenvalue weighted by Gasteiger charge is -2.27.